The predicted molar refractivity (Wildman–Crippen MR) is 72.9 cm³/mol. The summed E-state index contributed by atoms with van der Waals surface area (Å²) < 4.78 is 26.0. The first-order chi connectivity index (χ1) is 9.07. The van der Waals surface area contributed by atoms with Crippen LogP contribution in [0, 0.1) is 0 Å². The Morgan fingerprint density at radius 3 is 2.42 bits per heavy atom. The molecule has 19 heavy (non-hydrogen) atoms. The standard InChI is InChI=1S/C13H18N2O3S/c16-13(15-8-4-5-9-15)10-14-19(17,18)11-12-6-2-1-3-7-12/h1-3,6-7,14H,4-5,8-11H2. The third-order valence-electron chi connectivity index (χ3n) is 3.10. The van der Waals surface area contributed by atoms with Crippen LogP contribution in [-0.2, 0) is 20.6 Å². The molecule has 1 aromatic carbocycles. The topological polar surface area (TPSA) is 66.5 Å². The molecule has 1 heterocycles. The molecule has 0 radical (unpaired) electrons. The molecule has 0 aromatic heterocycles. The number of nitrogens with zero attached hydrogens (tertiary/aromatic N) is 1. The van der Waals surface area contributed by atoms with E-state index in [-0.39, 0.29) is 18.2 Å². The normalized spacial score (nSPS) is 15.7. The fraction of sp³-hybridized carbons (Fsp3) is 0.462. The van der Waals surface area contributed by atoms with E-state index in [4.69, 9.17) is 0 Å². The number of rotatable bonds is 5. The van der Waals surface area contributed by atoms with E-state index in [0.29, 0.717) is 5.56 Å². The molecule has 1 saturated heterocycles. The zero-order valence-corrected chi connectivity index (χ0v) is 11.5. The molecule has 0 atom stereocenters. The van der Waals surface area contributed by atoms with Crippen molar-refractivity contribution in [1.82, 2.24) is 9.62 Å². The molecular weight excluding hydrogens is 264 g/mol. The van der Waals surface area contributed by atoms with Crippen molar-refractivity contribution in [3.05, 3.63) is 35.9 Å². The van der Waals surface area contributed by atoms with Gasteiger partial charge < -0.3 is 4.90 Å². The molecule has 6 heteroatoms. The lowest BCUT2D eigenvalue weighted by molar-refractivity contribution is -0.128. The molecule has 104 valence electrons. The molecule has 0 bridgehead atoms. The molecule has 0 unspecified atom stereocenters. The quantitative estimate of drug-likeness (QED) is 0.865. The Kier molecular flexibility index (Phi) is 4.55. The minimum atomic E-state index is -3.46. The van der Waals surface area contributed by atoms with Crippen molar-refractivity contribution in [3.8, 4) is 0 Å². The minimum Gasteiger partial charge on any atom is -0.342 e. The van der Waals surface area contributed by atoms with E-state index in [1.54, 1.807) is 29.2 Å². The second-order valence-corrected chi connectivity index (χ2v) is 6.46. The zero-order chi connectivity index (χ0) is 13.7. The summed E-state index contributed by atoms with van der Waals surface area (Å²) in [5, 5.41) is 0. The largest absolute Gasteiger partial charge is 0.342 e. The maximum Gasteiger partial charge on any atom is 0.237 e. The van der Waals surface area contributed by atoms with Crippen LogP contribution >= 0.6 is 0 Å². The molecule has 1 N–H and O–H groups in total. The first kappa shape index (κ1) is 14.0. The number of carbonyl (C=O) groups is 1. The summed E-state index contributed by atoms with van der Waals surface area (Å²) in [6, 6.07) is 8.92. The summed E-state index contributed by atoms with van der Waals surface area (Å²) in [5.41, 5.74) is 0.712. The van der Waals surface area contributed by atoms with Crippen LogP contribution in [0.2, 0.25) is 0 Å². The van der Waals surface area contributed by atoms with Gasteiger partial charge in [-0.1, -0.05) is 30.3 Å². The molecule has 1 fully saturated rings. The second kappa shape index (κ2) is 6.16. The maximum absolute atomic E-state index is 11.8. The van der Waals surface area contributed by atoms with Gasteiger partial charge in [0.05, 0.1) is 12.3 Å². The highest BCUT2D eigenvalue weighted by molar-refractivity contribution is 7.88. The summed E-state index contributed by atoms with van der Waals surface area (Å²) in [6.45, 7) is 1.33. The van der Waals surface area contributed by atoms with Gasteiger partial charge in [0.15, 0.2) is 0 Å². The molecule has 1 amide bonds. The highest BCUT2D eigenvalue weighted by Crippen LogP contribution is 2.07. The van der Waals surface area contributed by atoms with E-state index in [1.807, 2.05) is 6.07 Å². The van der Waals surface area contributed by atoms with Crippen molar-refractivity contribution in [3.63, 3.8) is 0 Å². The third kappa shape index (κ3) is 4.33. The molecule has 0 saturated carbocycles. The van der Waals surface area contributed by atoms with Crippen LogP contribution in [0.25, 0.3) is 0 Å². The average Bonchev–Trinajstić information content (AvgIpc) is 2.91. The molecule has 1 aromatic rings. The first-order valence-electron chi connectivity index (χ1n) is 6.36. The summed E-state index contributed by atoms with van der Waals surface area (Å²) >= 11 is 0. The number of nitrogens with one attached hydrogen (secondary N) is 1. The number of likely N-dealkylation sites (tertiary alicyclic amines) is 1. The fourth-order valence-corrected chi connectivity index (χ4v) is 3.17. The lowest BCUT2D eigenvalue weighted by Gasteiger charge is -2.15. The summed E-state index contributed by atoms with van der Waals surface area (Å²) in [7, 11) is -3.46. The van der Waals surface area contributed by atoms with Gasteiger partial charge in [0.25, 0.3) is 0 Å². The van der Waals surface area contributed by atoms with Crippen molar-refractivity contribution < 1.29 is 13.2 Å². The van der Waals surface area contributed by atoms with Crippen molar-refractivity contribution in [1.29, 1.82) is 0 Å². The van der Waals surface area contributed by atoms with Gasteiger partial charge in [-0.15, -0.1) is 0 Å². The highest BCUT2D eigenvalue weighted by atomic mass is 32.2. The molecular formula is C13H18N2O3S. The molecule has 2 rings (SSSR count). The molecule has 0 aliphatic carbocycles. The second-order valence-electron chi connectivity index (χ2n) is 4.65. The minimum absolute atomic E-state index is 0.0961. The molecule has 0 spiro atoms. The van der Waals surface area contributed by atoms with Gasteiger partial charge in [-0.05, 0) is 18.4 Å². The van der Waals surface area contributed by atoms with Gasteiger partial charge in [0.1, 0.15) is 0 Å². The predicted octanol–water partition coefficient (Wildman–Crippen LogP) is 0.728. The number of carbonyl (C=O) groups excluding carboxylic acids is 1. The highest BCUT2D eigenvalue weighted by Gasteiger charge is 2.20. The lowest BCUT2D eigenvalue weighted by Crippen LogP contribution is -2.39. The van der Waals surface area contributed by atoms with Crippen LogP contribution in [0.15, 0.2) is 30.3 Å². The molecule has 1 aliphatic rings. The first-order valence-corrected chi connectivity index (χ1v) is 8.01. The van der Waals surface area contributed by atoms with E-state index in [0.717, 1.165) is 25.9 Å². The van der Waals surface area contributed by atoms with Crippen molar-refractivity contribution in [2.45, 2.75) is 18.6 Å². The number of sulfonamides is 1. The fourth-order valence-electron chi connectivity index (χ4n) is 2.09. The van der Waals surface area contributed by atoms with Crippen molar-refractivity contribution in [2.75, 3.05) is 19.6 Å². The lowest BCUT2D eigenvalue weighted by atomic mass is 10.2. The van der Waals surface area contributed by atoms with Gasteiger partial charge in [0, 0.05) is 13.1 Å². The van der Waals surface area contributed by atoms with E-state index < -0.39 is 10.0 Å². The SMILES string of the molecule is O=C(CNS(=O)(=O)Cc1ccccc1)N1CCCC1. The van der Waals surface area contributed by atoms with E-state index in [1.165, 1.54) is 0 Å². The van der Waals surface area contributed by atoms with E-state index in [9.17, 15) is 13.2 Å². The third-order valence-corrected chi connectivity index (χ3v) is 4.40. The maximum atomic E-state index is 11.8. The number of hydrogen-bond acceptors (Lipinski definition) is 3. The Balaban J connectivity index is 1.85. The van der Waals surface area contributed by atoms with Crippen LogP contribution in [0.4, 0.5) is 0 Å². The van der Waals surface area contributed by atoms with Gasteiger partial charge in [0.2, 0.25) is 15.9 Å². The van der Waals surface area contributed by atoms with Crippen LogP contribution in [0.3, 0.4) is 0 Å². The van der Waals surface area contributed by atoms with Gasteiger partial charge in [-0.25, -0.2) is 13.1 Å². The van der Waals surface area contributed by atoms with Gasteiger partial charge in [-0.2, -0.15) is 0 Å². The zero-order valence-electron chi connectivity index (χ0n) is 10.7. The summed E-state index contributed by atoms with van der Waals surface area (Å²) in [5.74, 6) is -0.240. The van der Waals surface area contributed by atoms with E-state index >= 15 is 0 Å². The Morgan fingerprint density at radius 1 is 1.16 bits per heavy atom. The smallest absolute Gasteiger partial charge is 0.237 e. The summed E-state index contributed by atoms with van der Waals surface area (Å²) in [4.78, 5) is 13.4. The molecule has 1 aliphatic heterocycles. The number of hydrogen-bond donors (Lipinski definition) is 1. The van der Waals surface area contributed by atoms with E-state index in [2.05, 4.69) is 4.72 Å². The Hall–Kier alpha value is -1.40. The van der Waals surface area contributed by atoms with Gasteiger partial charge in [-0.3, -0.25) is 4.79 Å². The van der Waals surface area contributed by atoms with Crippen LogP contribution < -0.4 is 4.72 Å². The van der Waals surface area contributed by atoms with Crippen molar-refractivity contribution in [2.24, 2.45) is 0 Å². The Morgan fingerprint density at radius 2 is 1.79 bits per heavy atom. The summed E-state index contributed by atoms with van der Waals surface area (Å²) in [6.07, 6.45) is 2.00. The molecule has 5 nitrogen and oxygen atoms in total. The monoisotopic (exact) mass is 282 g/mol. The van der Waals surface area contributed by atoms with Crippen molar-refractivity contribution >= 4 is 15.9 Å². The van der Waals surface area contributed by atoms with Crippen LogP contribution in [-0.4, -0.2) is 38.9 Å². The van der Waals surface area contributed by atoms with Crippen LogP contribution in [0.5, 0.6) is 0 Å². The Labute approximate surface area is 113 Å². The average molecular weight is 282 g/mol. The number of benzene rings is 1. The number of amides is 1. The van der Waals surface area contributed by atoms with Crippen LogP contribution in [0.1, 0.15) is 18.4 Å². The van der Waals surface area contributed by atoms with Gasteiger partial charge >= 0.3 is 0 Å². The Bertz CT molecular complexity index is 522.